The Morgan fingerprint density at radius 3 is 2.79 bits per heavy atom. The predicted molar refractivity (Wildman–Crippen MR) is 81.1 cm³/mol. The van der Waals surface area contributed by atoms with Crippen molar-refractivity contribution in [1.82, 2.24) is 15.2 Å². The molecule has 0 radical (unpaired) electrons. The Labute approximate surface area is 125 Å². The Morgan fingerprint density at radius 1 is 1.53 bits per heavy atom. The van der Waals surface area contributed by atoms with E-state index in [9.17, 15) is 4.79 Å². The number of pyridine rings is 1. The van der Waals surface area contributed by atoms with E-state index in [1.54, 1.807) is 12.1 Å². The van der Waals surface area contributed by atoms with Crippen LogP contribution in [0.1, 0.15) is 23.3 Å². The Bertz CT molecular complexity index is 399. The van der Waals surface area contributed by atoms with Gasteiger partial charge in [0.05, 0.1) is 11.9 Å². The number of hydrogen-bond acceptors (Lipinski definition) is 4. The fourth-order valence-electron chi connectivity index (χ4n) is 2.08. The third-order valence-electron chi connectivity index (χ3n) is 3.19. The van der Waals surface area contributed by atoms with Crippen molar-refractivity contribution in [3.63, 3.8) is 0 Å². The fourth-order valence-corrected chi connectivity index (χ4v) is 2.08. The third kappa shape index (κ3) is 4.86. The predicted octanol–water partition coefficient (Wildman–Crippen LogP) is 1.33. The summed E-state index contributed by atoms with van der Waals surface area (Å²) in [6.07, 6.45) is 3.85. The van der Waals surface area contributed by atoms with E-state index in [-0.39, 0.29) is 30.7 Å². The maximum absolute atomic E-state index is 11.8. The second-order valence-electron chi connectivity index (χ2n) is 4.46. The number of nitrogen functional groups attached to an aromatic ring is 1. The molecule has 0 spiro atoms. The molecule has 0 bridgehead atoms. The highest BCUT2D eigenvalue weighted by molar-refractivity contribution is 5.92. The Kier molecular flexibility index (Phi) is 7.75. The molecule has 108 valence electrons. The van der Waals surface area contributed by atoms with Crippen LogP contribution in [0.5, 0.6) is 0 Å². The second kappa shape index (κ2) is 8.19. The van der Waals surface area contributed by atoms with Gasteiger partial charge in [-0.2, -0.15) is 0 Å². The van der Waals surface area contributed by atoms with Gasteiger partial charge in [0.15, 0.2) is 0 Å². The van der Waals surface area contributed by atoms with Crippen molar-refractivity contribution in [3.8, 4) is 0 Å². The smallest absolute Gasteiger partial charge is 0.269 e. The molecular weight excluding hydrogens is 287 g/mol. The van der Waals surface area contributed by atoms with Crippen LogP contribution in [0.4, 0.5) is 5.69 Å². The molecule has 0 saturated carbocycles. The van der Waals surface area contributed by atoms with Gasteiger partial charge >= 0.3 is 0 Å². The molecule has 1 amide bonds. The topological polar surface area (TPSA) is 71.2 Å². The van der Waals surface area contributed by atoms with Crippen molar-refractivity contribution in [2.45, 2.75) is 18.9 Å². The Morgan fingerprint density at radius 2 is 2.26 bits per heavy atom. The number of anilines is 1. The molecular formula is C12H20Cl2N4O. The summed E-state index contributed by atoms with van der Waals surface area (Å²) < 4.78 is 0. The number of aromatic nitrogens is 1. The number of likely N-dealkylation sites (N-methyl/N-ethyl adjacent to an activating group) is 1. The van der Waals surface area contributed by atoms with Gasteiger partial charge in [0.2, 0.25) is 0 Å². The van der Waals surface area contributed by atoms with Crippen LogP contribution < -0.4 is 11.1 Å². The molecule has 19 heavy (non-hydrogen) atoms. The molecule has 1 atom stereocenters. The first kappa shape index (κ1) is 18.0. The van der Waals surface area contributed by atoms with E-state index in [1.165, 1.54) is 12.6 Å². The van der Waals surface area contributed by atoms with E-state index < -0.39 is 0 Å². The van der Waals surface area contributed by atoms with E-state index in [2.05, 4.69) is 22.2 Å². The molecule has 0 aliphatic carbocycles. The van der Waals surface area contributed by atoms with Gasteiger partial charge in [-0.3, -0.25) is 4.79 Å². The van der Waals surface area contributed by atoms with E-state index in [0.717, 1.165) is 13.0 Å². The van der Waals surface area contributed by atoms with E-state index >= 15 is 0 Å². The van der Waals surface area contributed by atoms with Gasteiger partial charge in [-0.1, -0.05) is 0 Å². The second-order valence-corrected chi connectivity index (χ2v) is 4.46. The lowest BCUT2D eigenvalue weighted by Crippen LogP contribution is -2.38. The highest BCUT2D eigenvalue weighted by atomic mass is 35.5. The largest absolute Gasteiger partial charge is 0.397 e. The van der Waals surface area contributed by atoms with E-state index in [0.29, 0.717) is 24.0 Å². The van der Waals surface area contributed by atoms with Crippen molar-refractivity contribution in [2.24, 2.45) is 0 Å². The Balaban J connectivity index is 0.00000162. The van der Waals surface area contributed by atoms with E-state index in [1.807, 2.05) is 0 Å². The standard InChI is InChI=1S/C12H18N4O.2ClH/c1-16-6-2-3-10(16)8-15-12(17)11-5-4-9(13)7-14-11;;/h4-5,7,10H,2-3,6,8,13H2,1H3,(H,15,17);2*1H. The minimum Gasteiger partial charge on any atom is -0.397 e. The number of carbonyl (C=O) groups excluding carboxylic acids is 1. The van der Waals surface area contributed by atoms with Crippen LogP contribution in [0.2, 0.25) is 0 Å². The van der Waals surface area contributed by atoms with Crippen LogP contribution >= 0.6 is 24.8 Å². The van der Waals surface area contributed by atoms with Crippen molar-refractivity contribution in [1.29, 1.82) is 0 Å². The summed E-state index contributed by atoms with van der Waals surface area (Å²) in [5.41, 5.74) is 6.50. The zero-order valence-electron chi connectivity index (χ0n) is 10.8. The van der Waals surface area contributed by atoms with Crippen LogP contribution in [0.3, 0.4) is 0 Å². The molecule has 1 fully saturated rings. The monoisotopic (exact) mass is 306 g/mol. The van der Waals surface area contributed by atoms with Crippen molar-refractivity contribution < 1.29 is 4.79 Å². The average molecular weight is 307 g/mol. The number of rotatable bonds is 3. The zero-order chi connectivity index (χ0) is 12.3. The summed E-state index contributed by atoms with van der Waals surface area (Å²) >= 11 is 0. The van der Waals surface area contributed by atoms with E-state index in [4.69, 9.17) is 5.73 Å². The van der Waals surface area contributed by atoms with Crippen molar-refractivity contribution in [2.75, 3.05) is 25.9 Å². The molecule has 1 unspecified atom stereocenters. The van der Waals surface area contributed by atoms with Gasteiger partial charge in [-0.15, -0.1) is 24.8 Å². The average Bonchev–Trinajstić information content (AvgIpc) is 2.73. The lowest BCUT2D eigenvalue weighted by Gasteiger charge is -2.19. The molecule has 5 nitrogen and oxygen atoms in total. The maximum atomic E-state index is 11.8. The van der Waals surface area contributed by atoms with Crippen LogP contribution in [0, 0.1) is 0 Å². The Hall–Kier alpha value is -1.04. The maximum Gasteiger partial charge on any atom is 0.269 e. The van der Waals surface area contributed by atoms with Gasteiger partial charge in [-0.25, -0.2) is 4.98 Å². The van der Waals surface area contributed by atoms with Crippen LogP contribution in [-0.4, -0.2) is 42.0 Å². The molecule has 0 aromatic carbocycles. The SMILES string of the molecule is CN1CCCC1CNC(=O)c1ccc(N)cn1.Cl.Cl. The number of amides is 1. The molecule has 2 rings (SSSR count). The van der Waals surface area contributed by atoms with Gasteiger partial charge in [0.25, 0.3) is 5.91 Å². The lowest BCUT2D eigenvalue weighted by atomic mass is 10.2. The number of hydrogen-bond donors (Lipinski definition) is 2. The zero-order valence-corrected chi connectivity index (χ0v) is 12.5. The minimum absolute atomic E-state index is 0. The molecule has 1 saturated heterocycles. The summed E-state index contributed by atoms with van der Waals surface area (Å²) in [5.74, 6) is -0.134. The first-order chi connectivity index (χ1) is 8.16. The molecule has 1 aliphatic heterocycles. The molecule has 7 heteroatoms. The first-order valence-corrected chi connectivity index (χ1v) is 5.87. The third-order valence-corrected chi connectivity index (χ3v) is 3.19. The quantitative estimate of drug-likeness (QED) is 0.884. The number of nitrogens with zero attached hydrogens (tertiary/aromatic N) is 2. The van der Waals surface area contributed by atoms with Gasteiger partial charge in [0.1, 0.15) is 5.69 Å². The normalized spacial score (nSPS) is 18.3. The first-order valence-electron chi connectivity index (χ1n) is 5.87. The number of likely N-dealkylation sites (tertiary alicyclic amines) is 1. The highest BCUT2D eigenvalue weighted by Gasteiger charge is 2.21. The molecule has 1 aliphatic rings. The number of nitrogens with two attached hydrogens (primary N) is 1. The minimum atomic E-state index is -0.134. The van der Waals surface area contributed by atoms with Gasteiger partial charge < -0.3 is 16.0 Å². The molecule has 1 aromatic rings. The number of halogens is 2. The summed E-state index contributed by atoms with van der Waals surface area (Å²) in [4.78, 5) is 18.1. The van der Waals surface area contributed by atoms with Gasteiger partial charge in [0, 0.05) is 12.6 Å². The van der Waals surface area contributed by atoms with Crippen molar-refractivity contribution >= 4 is 36.4 Å². The molecule has 2 heterocycles. The lowest BCUT2D eigenvalue weighted by molar-refractivity contribution is 0.0938. The summed E-state index contributed by atoms with van der Waals surface area (Å²) in [6.45, 7) is 1.79. The summed E-state index contributed by atoms with van der Waals surface area (Å²) in [6, 6.07) is 3.78. The van der Waals surface area contributed by atoms with Crippen molar-refractivity contribution in [3.05, 3.63) is 24.0 Å². The highest BCUT2D eigenvalue weighted by Crippen LogP contribution is 2.13. The van der Waals surface area contributed by atoms with Crippen LogP contribution in [-0.2, 0) is 0 Å². The molecule has 1 aromatic heterocycles. The molecule has 3 N–H and O–H groups in total. The number of nitrogens with one attached hydrogen (secondary N) is 1. The van der Waals surface area contributed by atoms with Crippen LogP contribution in [0.15, 0.2) is 18.3 Å². The summed E-state index contributed by atoms with van der Waals surface area (Å²) in [5, 5.41) is 2.91. The van der Waals surface area contributed by atoms with Gasteiger partial charge in [-0.05, 0) is 38.6 Å². The van der Waals surface area contributed by atoms with Crippen LogP contribution in [0.25, 0.3) is 0 Å². The number of carbonyl (C=O) groups is 1. The fraction of sp³-hybridized carbons (Fsp3) is 0.500. The summed E-state index contributed by atoms with van der Waals surface area (Å²) in [7, 11) is 2.09.